The number of ketones is 1. The van der Waals surface area contributed by atoms with Crippen LogP contribution in [0, 0.1) is 0 Å². The van der Waals surface area contributed by atoms with Gasteiger partial charge in [0.05, 0.1) is 0 Å². The van der Waals surface area contributed by atoms with Gasteiger partial charge in [-0.15, -0.1) is 0 Å². The van der Waals surface area contributed by atoms with Crippen LogP contribution in [0.15, 0.2) is 30.3 Å². The Morgan fingerprint density at radius 1 is 1.00 bits per heavy atom. The highest BCUT2D eigenvalue weighted by Gasteiger charge is 2.20. The third kappa shape index (κ3) is 5.47. The molecule has 0 spiro atoms. The molecule has 0 radical (unpaired) electrons. The molecule has 4 nitrogen and oxygen atoms in total. The number of carbonyl (C=O) groups is 2. The van der Waals surface area contributed by atoms with Crippen molar-refractivity contribution in [2.45, 2.75) is 44.6 Å². The molecule has 0 aromatic heterocycles. The first kappa shape index (κ1) is 17.7. The molecule has 0 aliphatic heterocycles. The van der Waals surface area contributed by atoms with Crippen LogP contribution in [0.1, 0.15) is 48.9 Å². The van der Waals surface area contributed by atoms with Crippen LogP contribution in [0.5, 0.6) is 0 Å². The maximum absolute atomic E-state index is 12.2. The van der Waals surface area contributed by atoms with E-state index in [2.05, 4.69) is 11.9 Å². The first-order valence-electron chi connectivity index (χ1n) is 8.60. The number of likely N-dealkylation sites (N-methyl/N-ethyl adjacent to an activating group) is 2. The average Bonchev–Trinajstić information content (AvgIpc) is 3.12. The normalized spacial score (nSPS) is 15.1. The maximum Gasteiger partial charge on any atom is 0.222 e. The summed E-state index contributed by atoms with van der Waals surface area (Å²) in [7, 11) is 3.98. The third-order valence-electron chi connectivity index (χ3n) is 4.82. The van der Waals surface area contributed by atoms with Crippen LogP contribution in [0.4, 0.5) is 0 Å². The van der Waals surface area contributed by atoms with Gasteiger partial charge in [0.1, 0.15) is 0 Å². The van der Waals surface area contributed by atoms with Crippen molar-refractivity contribution in [2.75, 3.05) is 27.2 Å². The van der Waals surface area contributed by atoms with Crippen LogP contribution in [-0.4, -0.2) is 54.7 Å². The fraction of sp³-hybridized carbons (Fsp3) is 0.579. The molecule has 1 aliphatic carbocycles. The zero-order valence-electron chi connectivity index (χ0n) is 14.3. The van der Waals surface area contributed by atoms with Crippen molar-refractivity contribution in [3.05, 3.63) is 35.9 Å². The number of amides is 1. The Labute approximate surface area is 139 Å². The van der Waals surface area contributed by atoms with Gasteiger partial charge in [-0.05, 0) is 19.9 Å². The van der Waals surface area contributed by atoms with Gasteiger partial charge in [0.2, 0.25) is 5.91 Å². The van der Waals surface area contributed by atoms with Gasteiger partial charge in [-0.3, -0.25) is 9.59 Å². The lowest BCUT2D eigenvalue weighted by Gasteiger charge is -2.26. The van der Waals surface area contributed by atoms with Gasteiger partial charge in [-0.1, -0.05) is 43.2 Å². The third-order valence-corrected chi connectivity index (χ3v) is 4.82. The van der Waals surface area contributed by atoms with E-state index in [9.17, 15) is 9.59 Å². The summed E-state index contributed by atoms with van der Waals surface area (Å²) in [5.41, 5.74) is 0.684. The van der Waals surface area contributed by atoms with Crippen LogP contribution in [-0.2, 0) is 4.79 Å². The summed E-state index contributed by atoms with van der Waals surface area (Å²) in [6, 6.07) is 9.86. The Balaban J connectivity index is 1.69. The number of benzene rings is 1. The largest absolute Gasteiger partial charge is 0.344 e. The van der Waals surface area contributed by atoms with Crippen LogP contribution in [0.2, 0.25) is 0 Å². The number of rotatable bonds is 8. The molecule has 4 heteroatoms. The predicted molar refractivity (Wildman–Crippen MR) is 92.5 cm³/mol. The average molecular weight is 316 g/mol. The zero-order valence-corrected chi connectivity index (χ0v) is 14.3. The van der Waals surface area contributed by atoms with Crippen LogP contribution >= 0.6 is 0 Å². The van der Waals surface area contributed by atoms with E-state index in [-0.39, 0.29) is 24.5 Å². The topological polar surface area (TPSA) is 40.6 Å². The van der Waals surface area contributed by atoms with Gasteiger partial charge in [-0.2, -0.15) is 0 Å². The van der Waals surface area contributed by atoms with Gasteiger partial charge in [0.25, 0.3) is 0 Å². The number of nitrogens with zero attached hydrogens (tertiary/aromatic N) is 2. The lowest BCUT2D eigenvalue weighted by molar-refractivity contribution is -0.130. The Bertz CT molecular complexity index is 509. The fourth-order valence-electron chi connectivity index (χ4n) is 3.14. The molecule has 23 heavy (non-hydrogen) atoms. The van der Waals surface area contributed by atoms with E-state index >= 15 is 0 Å². The lowest BCUT2D eigenvalue weighted by atomic mass is 10.1. The fourth-order valence-corrected chi connectivity index (χ4v) is 3.14. The van der Waals surface area contributed by atoms with E-state index in [1.807, 2.05) is 25.2 Å². The number of Topliss-reactive ketones (excluding diaryl/α,β-unsaturated/α-hetero) is 1. The summed E-state index contributed by atoms with van der Waals surface area (Å²) in [5.74, 6) is 0.0875. The van der Waals surface area contributed by atoms with E-state index in [1.165, 1.54) is 25.7 Å². The standard InChI is InChI=1S/C19H28N2O2/c1-20(17-10-6-7-11-17)14-15-21(2)19(23)13-12-18(22)16-8-4-3-5-9-16/h3-5,8-9,17H,6-7,10-15H2,1-2H3. The predicted octanol–water partition coefficient (Wildman–Crippen LogP) is 2.98. The quantitative estimate of drug-likeness (QED) is 0.692. The highest BCUT2D eigenvalue weighted by atomic mass is 16.2. The summed E-state index contributed by atoms with van der Waals surface area (Å²) in [6.07, 6.45) is 5.78. The molecule has 126 valence electrons. The van der Waals surface area contributed by atoms with Crippen molar-refractivity contribution in [2.24, 2.45) is 0 Å². The first-order valence-corrected chi connectivity index (χ1v) is 8.60. The molecular weight excluding hydrogens is 288 g/mol. The van der Waals surface area contributed by atoms with Crippen LogP contribution in [0.3, 0.4) is 0 Å². The van der Waals surface area contributed by atoms with Crippen molar-refractivity contribution in [1.82, 2.24) is 9.80 Å². The summed E-state index contributed by atoms with van der Waals surface area (Å²) in [5, 5.41) is 0. The second-order valence-electron chi connectivity index (χ2n) is 6.52. The maximum atomic E-state index is 12.2. The van der Waals surface area contributed by atoms with Crippen molar-refractivity contribution in [3.63, 3.8) is 0 Å². The minimum absolute atomic E-state index is 0.0374. The minimum Gasteiger partial charge on any atom is -0.344 e. The highest BCUT2D eigenvalue weighted by molar-refractivity contribution is 5.97. The van der Waals surface area contributed by atoms with E-state index in [0.29, 0.717) is 11.6 Å². The summed E-state index contributed by atoms with van der Waals surface area (Å²) >= 11 is 0. The molecule has 0 atom stereocenters. The molecule has 0 N–H and O–H groups in total. The molecule has 1 aromatic rings. The van der Waals surface area contributed by atoms with Crippen molar-refractivity contribution in [3.8, 4) is 0 Å². The molecule has 2 rings (SSSR count). The Hall–Kier alpha value is -1.68. The van der Waals surface area contributed by atoms with Gasteiger partial charge in [0.15, 0.2) is 5.78 Å². The number of hydrogen-bond acceptors (Lipinski definition) is 3. The number of hydrogen-bond donors (Lipinski definition) is 0. The van der Waals surface area contributed by atoms with E-state index in [1.54, 1.807) is 17.0 Å². The molecule has 1 fully saturated rings. The Kier molecular flexibility index (Phi) is 6.78. The van der Waals surface area contributed by atoms with Gasteiger partial charge in [0, 0.05) is 44.6 Å². The van der Waals surface area contributed by atoms with Crippen LogP contribution in [0.25, 0.3) is 0 Å². The summed E-state index contributed by atoms with van der Waals surface area (Å²) in [6.45, 7) is 1.63. The Morgan fingerprint density at radius 2 is 1.65 bits per heavy atom. The molecule has 1 amide bonds. The van der Waals surface area contributed by atoms with E-state index in [4.69, 9.17) is 0 Å². The minimum atomic E-state index is 0.0374. The van der Waals surface area contributed by atoms with E-state index < -0.39 is 0 Å². The molecular formula is C19H28N2O2. The second kappa shape index (κ2) is 8.82. The SMILES string of the molecule is CN(CCN(C)C1CCCC1)C(=O)CCC(=O)c1ccccc1. The van der Waals surface area contributed by atoms with Crippen LogP contribution < -0.4 is 0 Å². The molecule has 0 bridgehead atoms. The summed E-state index contributed by atoms with van der Waals surface area (Å²) in [4.78, 5) is 28.3. The lowest BCUT2D eigenvalue weighted by Crippen LogP contribution is -2.38. The van der Waals surface area contributed by atoms with Gasteiger partial charge < -0.3 is 9.80 Å². The van der Waals surface area contributed by atoms with Crippen molar-refractivity contribution in [1.29, 1.82) is 0 Å². The van der Waals surface area contributed by atoms with Gasteiger partial charge in [-0.25, -0.2) is 0 Å². The molecule has 0 saturated heterocycles. The molecule has 0 heterocycles. The number of carbonyl (C=O) groups excluding carboxylic acids is 2. The first-order chi connectivity index (χ1) is 11.1. The van der Waals surface area contributed by atoms with Crippen molar-refractivity contribution < 1.29 is 9.59 Å². The van der Waals surface area contributed by atoms with Crippen molar-refractivity contribution >= 4 is 11.7 Å². The Morgan fingerprint density at radius 3 is 2.30 bits per heavy atom. The van der Waals surface area contributed by atoms with Gasteiger partial charge >= 0.3 is 0 Å². The summed E-state index contributed by atoms with van der Waals surface area (Å²) < 4.78 is 0. The van der Waals surface area contributed by atoms with E-state index in [0.717, 1.165) is 13.1 Å². The molecule has 1 aromatic carbocycles. The molecule has 1 aliphatic rings. The monoisotopic (exact) mass is 316 g/mol. The molecule has 0 unspecified atom stereocenters. The smallest absolute Gasteiger partial charge is 0.222 e. The second-order valence-corrected chi connectivity index (χ2v) is 6.52. The molecule has 1 saturated carbocycles. The zero-order chi connectivity index (χ0) is 16.7. The highest BCUT2D eigenvalue weighted by Crippen LogP contribution is 2.22.